The van der Waals surface area contributed by atoms with Crippen LogP contribution in [-0.4, -0.2) is 49.1 Å². The van der Waals surface area contributed by atoms with Crippen LogP contribution in [0.15, 0.2) is 84.9 Å². The summed E-state index contributed by atoms with van der Waals surface area (Å²) < 4.78 is 0. The fraction of sp³-hybridized carbons (Fsp3) is 0.185. The molecule has 0 bridgehead atoms. The number of carboxylic acids is 1. The second-order valence-electron chi connectivity index (χ2n) is 8.10. The number of rotatable bonds is 9. The fourth-order valence-corrected chi connectivity index (χ4v) is 3.42. The van der Waals surface area contributed by atoms with E-state index in [0.717, 1.165) is 0 Å². The third kappa shape index (κ3) is 6.92. The molecule has 4 amide bonds. The molecule has 36 heavy (non-hydrogen) atoms. The van der Waals surface area contributed by atoms with Gasteiger partial charge in [-0.15, -0.1) is 0 Å². The van der Waals surface area contributed by atoms with E-state index in [1.807, 2.05) is 18.2 Å². The van der Waals surface area contributed by atoms with E-state index >= 15 is 0 Å². The summed E-state index contributed by atoms with van der Waals surface area (Å²) in [5.74, 6) is -2.48. The number of carbonyl (C=O) groups excluding carboxylic acids is 3. The number of amides is 4. The summed E-state index contributed by atoms with van der Waals surface area (Å²) >= 11 is 0. The highest BCUT2D eigenvalue weighted by Crippen LogP contribution is 2.20. The van der Waals surface area contributed by atoms with Gasteiger partial charge in [0.05, 0.1) is 12.5 Å². The molecule has 0 saturated carbocycles. The molecule has 0 aliphatic heterocycles. The van der Waals surface area contributed by atoms with Crippen LogP contribution in [0.5, 0.6) is 0 Å². The summed E-state index contributed by atoms with van der Waals surface area (Å²) in [6, 6.07) is 23.7. The number of carbonyl (C=O) groups is 4. The van der Waals surface area contributed by atoms with Crippen LogP contribution in [0.3, 0.4) is 0 Å². The molecule has 0 fully saturated rings. The zero-order chi connectivity index (χ0) is 26.1. The summed E-state index contributed by atoms with van der Waals surface area (Å²) in [5, 5.41) is 14.3. The Labute approximate surface area is 209 Å². The Hall–Kier alpha value is -4.66. The van der Waals surface area contributed by atoms with Crippen molar-refractivity contribution < 1.29 is 24.3 Å². The molecular weight excluding hydrogens is 460 g/mol. The lowest BCUT2D eigenvalue weighted by molar-refractivity contribution is -0.138. The molecule has 3 aromatic rings. The Morgan fingerprint density at radius 3 is 2.06 bits per heavy atom. The van der Waals surface area contributed by atoms with Gasteiger partial charge in [-0.3, -0.25) is 14.4 Å². The first kappa shape index (κ1) is 26.0. The van der Waals surface area contributed by atoms with E-state index in [-0.39, 0.29) is 19.0 Å². The lowest BCUT2D eigenvalue weighted by Crippen LogP contribution is -2.46. The first-order chi connectivity index (χ1) is 17.3. The number of benzene rings is 3. The first-order valence-electron chi connectivity index (χ1n) is 11.3. The highest BCUT2D eigenvalue weighted by atomic mass is 16.4. The number of carboxylic acid groups (broad SMARTS) is 1. The monoisotopic (exact) mass is 488 g/mol. The summed E-state index contributed by atoms with van der Waals surface area (Å²) in [5.41, 5.74) is 2.15. The number of nitrogens with one attached hydrogen (secondary N) is 2. The highest BCUT2D eigenvalue weighted by Gasteiger charge is 2.22. The molecule has 0 radical (unpaired) electrons. The maximum absolute atomic E-state index is 13.1. The normalized spacial score (nSPS) is 11.2. The summed E-state index contributed by atoms with van der Waals surface area (Å²) in [6.07, 6.45) is 0. The SMILES string of the molecule is C[C@H](C(=O)O)c1cccc(NC(=O)NCC(=O)N(CC(=O)N(C)c2ccccc2)c2ccccc2)c1. The zero-order valence-corrected chi connectivity index (χ0v) is 20.0. The van der Waals surface area contributed by atoms with Gasteiger partial charge in [0.1, 0.15) is 6.54 Å². The molecule has 0 heterocycles. The Kier molecular flexibility index (Phi) is 8.77. The minimum Gasteiger partial charge on any atom is -0.481 e. The largest absolute Gasteiger partial charge is 0.481 e. The van der Waals surface area contributed by atoms with Gasteiger partial charge in [0.15, 0.2) is 0 Å². The van der Waals surface area contributed by atoms with Gasteiger partial charge in [-0.25, -0.2) is 4.79 Å². The molecule has 0 unspecified atom stereocenters. The van der Waals surface area contributed by atoms with E-state index in [2.05, 4.69) is 10.6 Å². The average molecular weight is 489 g/mol. The van der Waals surface area contributed by atoms with Crippen LogP contribution in [0.1, 0.15) is 18.4 Å². The van der Waals surface area contributed by atoms with Crippen molar-refractivity contribution in [3.8, 4) is 0 Å². The second kappa shape index (κ2) is 12.2. The standard InChI is InChI=1S/C27H28N4O5/c1-19(26(34)35)20-10-9-11-21(16-20)29-27(36)28-17-24(32)31(23-14-7-4-8-15-23)18-25(33)30(2)22-12-5-3-6-13-22/h3-16,19H,17-18H2,1-2H3,(H,34,35)(H2,28,29,36)/t19-/m0/s1. The maximum Gasteiger partial charge on any atom is 0.319 e. The van der Waals surface area contributed by atoms with Gasteiger partial charge >= 0.3 is 12.0 Å². The number of hydrogen-bond donors (Lipinski definition) is 3. The number of para-hydroxylation sites is 2. The van der Waals surface area contributed by atoms with Crippen molar-refractivity contribution in [2.24, 2.45) is 0 Å². The number of nitrogens with zero attached hydrogens (tertiary/aromatic N) is 2. The molecule has 0 aromatic heterocycles. The van der Waals surface area contributed by atoms with Gasteiger partial charge in [-0.1, -0.05) is 48.5 Å². The molecule has 0 aliphatic carbocycles. The van der Waals surface area contributed by atoms with E-state index in [1.54, 1.807) is 80.7 Å². The fourth-order valence-electron chi connectivity index (χ4n) is 3.42. The number of likely N-dealkylation sites (N-methyl/N-ethyl adjacent to an activating group) is 1. The second-order valence-corrected chi connectivity index (χ2v) is 8.10. The van der Waals surface area contributed by atoms with Crippen LogP contribution in [0, 0.1) is 0 Å². The molecule has 3 aromatic carbocycles. The van der Waals surface area contributed by atoms with Gasteiger partial charge in [-0.2, -0.15) is 0 Å². The van der Waals surface area contributed by atoms with Crippen molar-refractivity contribution in [1.82, 2.24) is 5.32 Å². The third-order valence-corrected chi connectivity index (χ3v) is 5.59. The van der Waals surface area contributed by atoms with Gasteiger partial charge in [0, 0.05) is 24.1 Å². The lowest BCUT2D eigenvalue weighted by atomic mass is 10.0. The van der Waals surface area contributed by atoms with Crippen LogP contribution >= 0.6 is 0 Å². The van der Waals surface area contributed by atoms with Crippen molar-refractivity contribution in [1.29, 1.82) is 0 Å². The van der Waals surface area contributed by atoms with Gasteiger partial charge in [0.25, 0.3) is 0 Å². The molecule has 0 aliphatic rings. The van der Waals surface area contributed by atoms with Crippen molar-refractivity contribution in [2.45, 2.75) is 12.8 Å². The first-order valence-corrected chi connectivity index (χ1v) is 11.3. The Bertz CT molecular complexity index is 1220. The number of hydrogen-bond acceptors (Lipinski definition) is 4. The summed E-state index contributed by atoms with van der Waals surface area (Å²) in [4.78, 5) is 52.4. The smallest absolute Gasteiger partial charge is 0.319 e. The van der Waals surface area contributed by atoms with Gasteiger partial charge < -0.3 is 25.5 Å². The molecule has 9 nitrogen and oxygen atoms in total. The quantitative estimate of drug-likeness (QED) is 0.424. The van der Waals surface area contributed by atoms with Crippen LogP contribution in [0.4, 0.5) is 21.9 Å². The van der Waals surface area contributed by atoms with E-state index < -0.39 is 23.8 Å². The van der Waals surface area contributed by atoms with E-state index in [4.69, 9.17) is 0 Å². The van der Waals surface area contributed by atoms with Crippen LogP contribution in [0.2, 0.25) is 0 Å². The minimum absolute atomic E-state index is 0.216. The highest BCUT2D eigenvalue weighted by molar-refractivity contribution is 6.05. The van der Waals surface area contributed by atoms with Gasteiger partial charge in [-0.05, 0) is 48.9 Å². The molecule has 3 N–H and O–H groups in total. The molecule has 186 valence electrons. The summed E-state index contributed by atoms with van der Waals surface area (Å²) in [6.45, 7) is 0.982. The Balaban J connectivity index is 1.65. The van der Waals surface area contributed by atoms with Crippen molar-refractivity contribution in [2.75, 3.05) is 35.3 Å². The molecule has 0 saturated heterocycles. The zero-order valence-electron chi connectivity index (χ0n) is 20.0. The predicted octanol–water partition coefficient (Wildman–Crippen LogP) is 3.69. The Morgan fingerprint density at radius 1 is 0.833 bits per heavy atom. The average Bonchev–Trinajstić information content (AvgIpc) is 2.90. The number of aliphatic carboxylic acids is 1. The van der Waals surface area contributed by atoms with E-state index in [1.165, 1.54) is 9.80 Å². The molecule has 0 spiro atoms. The van der Waals surface area contributed by atoms with Crippen molar-refractivity contribution >= 4 is 40.9 Å². The molecule has 3 rings (SSSR count). The van der Waals surface area contributed by atoms with Crippen LogP contribution in [0.25, 0.3) is 0 Å². The van der Waals surface area contributed by atoms with Crippen LogP contribution in [-0.2, 0) is 14.4 Å². The van der Waals surface area contributed by atoms with Gasteiger partial charge in [0.2, 0.25) is 11.8 Å². The van der Waals surface area contributed by atoms with Crippen molar-refractivity contribution in [3.05, 3.63) is 90.5 Å². The maximum atomic E-state index is 13.1. The predicted molar refractivity (Wildman–Crippen MR) is 138 cm³/mol. The van der Waals surface area contributed by atoms with E-state index in [9.17, 15) is 24.3 Å². The van der Waals surface area contributed by atoms with Crippen molar-refractivity contribution in [3.63, 3.8) is 0 Å². The molecular formula is C27H28N4O5. The minimum atomic E-state index is -0.976. The number of anilines is 3. The molecule has 9 heteroatoms. The third-order valence-electron chi connectivity index (χ3n) is 5.59. The van der Waals surface area contributed by atoms with E-state index in [0.29, 0.717) is 22.6 Å². The summed E-state index contributed by atoms with van der Waals surface area (Å²) in [7, 11) is 1.64. The molecule has 1 atom stereocenters. The Morgan fingerprint density at radius 2 is 1.44 bits per heavy atom. The van der Waals surface area contributed by atoms with Crippen LogP contribution < -0.4 is 20.4 Å². The lowest BCUT2D eigenvalue weighted by Gasteiger charge is -2.25. The number of urea groups is 1. The topological polar surface area (TPSA) is 119 Å².